The molecule has 0 spiro atoms. The second-order valence-corrected chi connectivity index (χ2v) is 9.09. The Labute approximate surface area is 248 Å². The molecule has 0 amide bonds. The van der Waals surface area contributed by atoms with E-state index in [0.717, 1.165) is 0 Å². The zero-order valence-electron chi connectivity index (χ0n) is 25.1. The Morgan fingerprint density at radius 2 is 0.714 bits per heavy atom. The summed E-state index contributed by atoms with van der Waals surface area (Å²) in [5.41, 5.74) is -2.07. The molecule has 0 aromatic heterocycles. The summed E-state index contributed by atoms with van der Waals surface area (Å²) in [5.74, 6) is 0. The van der Waals surface area contributed by atoms with Crippen LogP contribution in [0, 0.1) is 0 Å². The zero-order chi connectivity index (χ0) is 30.5. The third-order valence-electron chi connectivity index (χ3n) is 5.94. The molecule has 0 aromatic rings. The van der Waals surface area contributed by atoms with Crippen molar-refractivity contribution in [2.24, 2.45) is 0 Å². The minimum absolute atomic E-state index is 0.0818. The molecule has 0 atom stereocenters. The first-order chi connectivity index (χ1) is 20.5. The van der Waals surface area contributed by atoms with Crippen LogP contribution in [0.25, 0.3) is 0 Å². The predicted octanol–water partition coefficient (Wildman–Crippen LogP) is 1.48. The van der Waals surface area contributed by atoms with Crippen LogP contribution in [0.2, 0.25) is 0 Å². The molecule has 0 unspecified atom stereocenters. The van der Waals surface area contributed by atoms with Gasteiger partial charge in [-0.05, 0) is 25.9 Å². The zero-order valence-corrected chi connectivity index (χ0v) is 25.1. The van der Waals surface area contributed by atoms with E-state index in [1.165, 1.54) is 0 Å². The largest absolute Gasteiger partial charge is 0.417 e. The Balaban J connectivity index is 1.71. The minimum Gasteiger partial charge on any atom is -0.382 e. The van der Waals surface area contributed by atoms with Crippen LogP contribution in [-0.4, -0.2) is 164 Å². The molecule has 0 radical (unpaired) electrons. The molecule has 12 nitrogen and oxygen atoms in total. The van der Waals surface area contributed by atoms with E-state index in [0.29, 0.717) is 112 Å². The summed E-state index contributed by atoms with van der Waals surface area (Å²) in [7, 11) is 1.63. The van der Waals surface area contributed by atoms with Gasteiger partial charge in [-0.2, -0.15) is 13.2 Å². The SMILES string of the molecule is COCCOCCOCCOCCOCCOCCOCCOCCOCCOCCOC1(C(F)(F)F)CCNCC1. The molecule has 0 bridgehead atoms. The fourth-order valence-corrected chi connectivity index (χ4v) is 3.64. The monoisotopic (exact) mass is 623 g/mol. The summed E-state index contributed by atoms with van der Waals surface area (Å²) in [6.07, 6.45) is -4.56. The van der Waals surface area contributed by atoms with E-state index in [4.69, 9.17) is 52.1 Å². The number of rotatable bonds is 31. The number of piperidine rings is 1. The van der Waals surface area contributed by atoms with Crippen molar-refractivity contribution in [2.45, 2.75) is 24.6 Å². The van der Waals surface area contributed by atoms with Gasteiger partial charge in [-0.3, -0.25) is 0 Å². The molecule has 1 aliphatic rings. The Bertz CT molecular complexity index is 574. The van der Waals surface area contributed by atoms with Crippen LogP contribution in [0.5, 0.6) is 0 Å². The van der Waals surface area contributed by atoms with Crippen molar-refractivity contribution >= 4 is 0 Å². The summed E-state index contributed by atoms with van der Waals surface area (Å²) in [6, 6.07) is 0. The van der Waals surface area contributed by atoms with Gasteiger partial charge in [0, 0.05) is 7.11 Å². The van der Waals surface area contributed by atoms with Gasteiger partial charge in [0.15, 0.2) is 5.60 Å². The number of hydrogen-bond donors (Lipinski definition) is 1. The van der Waals surface area contributed by atoms with E-state index < -0.39 is 11.8 Å². The van der Waals surface area contributed by atoms with Gasteiger partial charge in [0.2, 0.25) is 0 Å². The molecule has 1 aliphatic heterocycles. The molecule has 1 heterocycles. The number of hydrogen-bond acceptors (Lipinski definition) is 12. The Hall–Kier alpha value is -0.690. The smallest absolute Gasteiger partial charge is 0.382 e. The van der Waals surface area contributed by atoms with Crippen molar-refractivity contribution in [1.82, 2.24) is 5.32 Å². The first kappa shape index (κ1) is 39.3. The molecule has 15 heteroatoms. The second-order valence-electron chi connectivity index (χ2n) is 9.09. The highest BCUT2D eigenvalue weighted by atomic mass is 19.4. The topological polar surface area (TPSA) is 114 Å². The molecule has 252 valence electrons. The Morgan fingerprint density at radius 3 is 0.976 bits per heavy atom. The molecule has 0 aromatic carbocycles. The number of alkyl halides is 3. The molecular formula is C27H52F3NO11. The van der Waals surface area contributed by atoms with Crippen LogP contribution < -0.4 is 5.32 Å². The average Bonchev–Trinajstić information content (AvgIpc) is 2.98. The van der Waals surface area contributed by atoms with Gasteiger partial charge in [0.05, 0.1) is 132 Å². The van der Waals surface area contributed by atoms with Crippen LogP contribution in [0.15, 0.2) is 0 Å². The third kappa shape index (κ3) is 21.9. The molecule has 1 saturated heterocycles. The van der Waals surface area contributed by atoms with Gasteiger partial charge in [-0.25, -0.2) is 0 Å². The number of ether oxygens (including phenoxy) is 11. The molecule has 42 heavy (non-hydrogen) atoms. The van der Waals surface area contributed by atoms with E-state index in [2.05, 4.69) is 5.32 Å². The summed E-state index contributed by atoms with van der Waals surface area (Å²) in [5, 5.41) is 2.92. The van der Waals surface area contributed by atoms with E-state index in [1.54, 1.807) is 7.11 Å². The second kappa shape index (κ2) is 27.8. The standard InChI is InChI=1S/C27H52F3NO11/c1-32-6-7-33-8-9-34-10-11-35-12-13-36-14-15-37-16-17-38-18-19-39-20-21-40-22-23-41-24-25-42-26(27(28,29)30)2-4-31-5-3-26/h31H,2-25H2,1H3. The van der Waals surface area contributed by atoms with Crippen molar-refractivity contribution in [3.8, 4) is 0 Å². The highest BCUT2D eigenvalue weighted by molar-refractivity contribution is 4.93. The predicted molar refractivity (Wildman–Crippen MR) is 146 cm³/mol. The van der Waals surface area contributed by atoms with Crippen LogP contribution in [0.3, 0.4) is 0 Å². The fourth-order valence-electron chi connectivity index (χ4n) is 3.64. The average molecular weight is 624 g/mol. The van der Waals surface area contributed by atoms with Crippen LogP contribution in [0.4, 0.5) is 13.2 Å². The summed E-state index contributed by atoms with van der Waals surface area (Å²) < 4.78 is 98.6. The van der Waals surface area contributed by atoms with Crippen molar-refractivity contribution < 1.29 is 65.3 Å². The van der Waals surface area contributed by atoms with Gasteiger partial charge in [0.25, 0.3) is 0 Å². The number of halogens is 3. The highest BCUT2D eigenvalue weighted by Crippen LogP contribution is 2.40. The van der Waals surface area contributed by atoms with Crippen molar-refractivity contribution in [3.63, 3.8) is 0 Å². The highest BCUT2D eigenvalue weighted by Gasteiger charge is 2.56. The van der Waals surface area contributed by atoms with Gasteiger partial charge in [-0.1, -0.05) is 0 Å². The maximum Gasteiger partial charge on any atom is 0.417 e. The van der Waals surface area contributed by atoms with Gasteiger partial charge < -0.3 is 57.4 Å². The van der Waals surface area contributed by atoms with Crippen LogP contribution in [0.1, 0.15) is 12.8 Å². The quantitative estimate of drug-likeness (QED) is 0.113. The molecule has 0 saturated carbocycles. The lowest BCUT2D eigenvalue weighted by molar-refractivity contribution is -0.287. The molecule has 1 fully saturated rings. The first-order valence-corrected chi connectivity index (χ1v) is 14.6. The van der Waals surface area contributed by atoms with Gasteiger partial charge in [0.1, 0.15) is 0 Å². The lowest BCUT2D eigenvalue weighted by Crippen LogP contribution is -2.54. The minimum atomic E-state index is -4.39. The summed E-state index contributed by atoms with van der Waals surface area (Å²) in [4.78, 5) is 0. The lowest BCUT2D eigenvalue weighted by atomic mass is 9.91. The fraction of sp³-hybridized carbons (Fsp3) is 1.00. The number of nitrogens with one attached hydrogen (secondary N) is 1. The Kier molecular flexibility index (Phi) is 26.1. The molecule has 1 N–H and O–H groups in total. The molecular weight excluding hydrogens is 571 g/mol. The van der Waals surface area contributed by atoms with Gasteiger partial charge >= 0.3 is 6.18 Å². The maximum atomic E-state index is 13.4. The normalized spacial score (nSPS) is 15.4. The summed E-state index contributed by atoms with van der Waals surface area (Å²) >= 11 is 0. The van der Waals surface area contributed by atoms with Crippen molar-refractivity contribution in [3.05, 3.63) is 0 Å². The van der Waals surface area contributed by atoms with E-state index in [-0.39, 0.29) is 45.8 Å². The van der Waals surface area contributed by atoms with Crippen LogP contribution in [-0.2, 0) is 52.1 Å². The third-order valence-corrected chi connectivity index (χ3v) is 5.94. The summed E-state index contributed by atoms with van der Waals surface area (Å²) in [6.45, 7) is 8.95. The van der Waals surface area contributed by atoms with Crippen molar-refractivity contribution in [2.75, 3.05) is 152 Å². The van der Waals surface area contributed by atoms with E-state index in [1.807, 2.05) is 0 Å². The van der Waals surface area contributed by atoms with E-state index in [9.17, 15) is 13.2 Å². The molecule has 1 rings (SSSR count). The van der Waals surface area contributed by atoms with Gasteiger partial charge in [-0.15, -0.1) is 0 Å². The maximum absolute atomic E-state index is 13.4. The first-order valence-electron chi connectivity index (χ1n) is 14.6. The molecule has 0 aliphatic carbocycles. The Morgan fingerprint density at radius 1 is 0.452 bits per heavy atom. The lowest BCUT2D eigenvalue weighted by Gasteiger charge is -2.38. The van der Waals surface area contributed by atoms with E-state index >= 15 is 0 Å². The van der Waals surface area contributed by atoms with Crippen molar-refractivity contribution in [1.29, 1.82) is 0 Å². The van der Waals surface area contributed by atoms with Crippen LogP contribution >= 0.6 is 0 Å². The number of methoxy groups -OCH3 is 1.